The Kier molecular flexibility index (Phi) is 5.01. The smallest absolute Gasteiger partial charge is 0.328 e. The second-order valence-electron chi connectivity index (χ2n) is 8.44. The molecule has 7 heteroatoms. The number of hydrogen-bond acceptors (Lipinski definition) is 4. The van der Waals surface area contributed by atoms with Crippen LogP contribution in [0.4, 0.5) is 10.5 Å². The summed E-state index contributed by atoms with van der Waals surface area (Å²) in [6.45, 7) is 5.00. The van der Waals surface area contributed by atoms with Gasteiger partial charge in [0.05, 0.1) is 11.2 Å². The van der Waals surface area contributed by atoms with Gasteiger partial charge in [-0.2, -0.15) is 0 Å². The van der Waals surface area contributed by atoms with E-state index in [1.54, 1.807) is 4.90 Å². The molecule has 154 valence electrons. The number of amides is 3. The van der Waals surface area contributed by atoms with Gasteiger partial charge >= 0.3 is 6.03 Å². The molecule has 0 spiro atoms. The van der Waals surface area contributed by atoms with Gasteiger partial charge in [0.1, 0.15) is 0 Å². The van der Waals surface area contributed by atoms with E-state index in [1.165, 1.54) is 44.3 Å². The van der Waals surface area contributed by atoms with E-state index in [1.807, 2.05) is 12.1 Å². The van der Waals surface area contributed by atoms with Crippen LogP contribution in [-0.4, -0.2) is 60.2 Å². The van der Waals surface area contributed by atoms with Gasteiger partial charge in [0.15, 0.2) is 0 Å². The number of carbonyl (C=O) groups is 2. The minimum Gasteiger partial charge on any atom is -0.344 e. The van der Waals surface area contributed by atoms with E-state index in [-0.39, 0.29) is 11.9 Å². The van der Waals surface area contributed by atoms with Gasteiger partial charge in [-0.15, -0.1) is 0 Å². The van der Waals surface area contributed by atoms with E-state index in [4.69, 9.17) is 0 Å². The van der Waals surface area contributed by atoms with Crippen LogP contribution in [0.5, 0.6) is 0 Å². The molecule has 0 bridgehead atoms. The van der Waals surface area contributed by atoms with Crippen LogP contribution in [0.3, 0.4) is 0 Å². The Morgan fingerprint density at radius 1 is 0.897 bits per heavy atom. The largest absolute Gasteiger partial charge is 0.344 e. The maximum atomic E-state index is 12.3. The molecule has 3 fully saturated rings. The fraction of sp³-hybridized carbons (Fsp3) is 0.545. The zero-order valence-electron chi connectivity index (χ0n) is 16.8. The molecular formula is C22H29N5O2. The van der Waals surface area contributed by atoms with E-state index in [2.05, 4.69) is 38.4 Å². The number of urea groups is 1. The van der Waals surface area contributed by atoms with Gasteiger partial charge in [-0.3, -0.25) is 19.9 Å². The van der Waals surface area contributed by atoms with E-state index >= 15 is 0 Å². The predicted octanol–water partition coefficient (Wildman–Crippen LogP) is 2.48. The number of piperazine rings is 1. The monoisotopic (exact) mass is 395 g/mol. The lowest BCUT2D eigenvalue weighted by Gasteiger charge is -2.39. The third kappa shape index (κ3) is 3.53. The summed E-state index contributed by atoms with van der Waals surface area (Å²) >= 11 is 0. The summed E-state index contributed by atoms with van der Waals surface area (Å²) in [6, 6.07) is 9.18. The number of imide groups is 1. The number of nitrogens with zero attached hydrogens (tertiary/aromatic N) is 3. The van der Waals surface area contributed by atoms with Gasteiger partial charge in [-0.25, -0.2) is 4.79 Å². The number of benzene rings is 1. The number of anilines is 1. The molecule has 3 amide bonds. The summed E-state index contributed by atoms with van der Waals surface area (Å²) < 4.78 is 2.40. The predicted molar refractivity (Wildman–Crippen MR) is 113 cm³/mol. The maximum absolute atomic E-state index is 12.3. The molecule has 7 nitrogen and oxygen atoms in total. The van der Waals surface area contributed by atoms with Crippen LogP contribution in [0, 0.1) is 0 Å². The third-order valence-electron chi connectivity index (χ3n) is 6.81. The van der Waals surface area contributed by atoms with Crippen LogP contribution in [0.15, 0.2) is 30.5 Å². The van der Waals surface area contributed by atoms with Crippen molar-refractivity contribution in [2.75, 3.05) is 37.6 Å². The minimum atomic E-state index is -0.321. The summed E-state index contributed by atoms with van der Waals surface area (Å²) in [5, 5.41) is 6.96. The van der Waals surface area contributed by atoms with Gasteiger partial charge in [0, 0.05) is 62.8 Å². The third-order valence-corrected chi connectivity index (χ3v) is 6.81. The van der Waals surface area contributed by atoms with Crippen LogP contribution in [-0.2, 0) is 4.79 Å². The molecule has 3 heterocycles. The number of carbonyl (C=O) groups excluding carboxylic acids is 2. The van der Waals surface area contributed by atoms with Crippen molar-refractivity contribution < 1.29 is 9.59 Å². The number of fused-ring (bicyclic) bond motifs is 1. The molecule has 5 rings (SSSR count). The summed E-state index contributed by atoms with van der Waals surface area (Å²) in [5.74, 6) is -0.197. The van der Waals surface area contributed by atoms with Gasteiger partial charge in [-0.1, -0.05) is 6.07 Å². The van der Waals surface area contributed by atoms with Crippen molar-refractivity contribution in [3.63, 3.8) is 0 Å². The fourth-order valence-corrected chi connectivity index (χ4v) is 5.27. The van der Waals surface area contributed by atoms with Crippen molar-refractivity contribution in [3.05, 3.63) is 30.5 Å². The Balaban J connectivity index is 1.34. The zero-order chi connectivity index (χ0) is 19.8. The topological polar surface area (TPSA) is 69.6 Å². The summed E-state index contributed by atoms with van der Waals surface area (Å²) in [5.41, 5.74) is 2.07. The highest BCUT2D eigenvalue weighted by Gasteiger charge is 2.29. The van der Waals surface area contributed by atoms with E-state index in [9.17, 15) is 9.59 Å². The number of nitrogens with one attached hydrogen (secondary N) is 2. The number of rotatable bonds is 3. The van der Waals surface area contributed by atoms with Crippen molar-refractivity contribution in [2.24, 2.45) is 0 Å². The highest BCUT2D eigenvalue weighted by molar-refractivity contribution is 6.09. The maximum Gasteiger partial charge on any atom is 0.328 e. The van der Waals surface area contributed by atoms with Crippen molar-refractivity contribution in [1.82, 2.24) is 20.1 Å². The first-order valence-corrected chi connectivity index (χ1v) is 10.9. The molecule has 1 aromatic heterocycles. The van der Waals surface area contributed by atoms with Crippen LogP contribution in [0.25, 0.3) is 10.9 Å². The van der Waals surface area contributed by atoms with E-state index in [0.717, 1.165) is 30.2 Å². The van der Waals surface area contributed by atoms with Gasteiger partial charge in [0.2, 0.25) is 5.91 Å². The number of hydrogen-bond donors (Lipinski definition) is 2. The Morgan fingerprint density at radius 3 is 2.41 bits per heavy atom. The molecule has 2 aliphatic heterocycles. The molecule has 2 N–H and O–H groups in total. The second kappa shape index (κ2) is 7.80. The average molecular weight is 396 g/mol. The molecule has 2 aromatic rings. The molecule has 1 saturated carbocycles. The Hall–Kier alpha value is -2.38. The molecule has 3 aliphatic rings. The highest BCUT2D eigenvalue weighted by atomic mass is 16.2. The quantitative estimate of drug-likeness (QED) is 0.838. The normalized spacial score (nSPS) is 26.7. The molecule has 2 saturated heterocycles. The van der Waals surface area contributed by atoms with E-state index < -0.39 is 0 Å². The standard InChI is InChI=1S/C22H29N5O2/c28-21-9-13-27(22(29)24-21)20-3-1-2-19-18(20)8-12-26(19)17-6-4-16(5-7-17)25-14-10-23-11-15-25/h1-3,8,12,16-17,23H,4-7,9-11,13-15H2,(H,24,28,29). The van der Waals surface area contributed by atoms with Gasteiger partial charge in [0.25, 0.3) is 0 Å². The molecule has 0 unspecified atom stereocenters. The first-order valence-electron chi connectivity index (χ1n) is 10.9. The van der Waals surface area contributed by atoms with Crippen LogP contribution in [0.1, 0.15) is 38.1 Å². The molecule has 1 aromatic carbocycles. The van der Waals surface area contributed by atoms with Crippen LogP contribution in [0.2, 0.25) is 0 Å². The van der Waals surface area contributed by atoms with Crippen LogP contribution >= 0.6 is 0 Å². The minimum absolute atomic E-state index is 0.197. The lowest BCUT2D eigenvalue weighted by molar-refractivity contribution is -0.120. The summed E-state index contributed by atoms with van der Waals surface area (Å²) in [4.78, 5) is 28.2. The number of aromatic nitrogens is 1. The Morgan fingerprint density at radius 2 is 1.66 bits per heavy atom. The summed E-state index contributed by atoms with van der Waals surface area (Å²) in [7, 11) is 0. The SMILES string of the molecule is O=C1CCN(c2cccc3c2ccn3C2CCC(N3CCNCC3)CC2)C(=O)N1. The fourth-order valence-electron chi connectivity index (χ4n) is 5.27. The highest BCUT2D eigenvalue weighted by Crippen LogP contribution is 2.36. The van der Waals surface area contributed by atoms with Crippen molar-refractivity contribution in [3.8, 4) is 0 Å². The second-order valence-corrected chi connectivity index (χ2v) is 8.44. The average Bonchev–Trinajstić information content (AvgIpc) is 3.19. The van der Waals surface area contributed by atoms with Crippen molar-refractivity contribution >= 4 is 28.5 Å². The van der Waals surface area contributed by atoms with Gasteiger partial charge in [-0.05, 0) is 43.9 Å². The van der Waals surface area contributed by atoms with Crippen molar-refractivity contribution in [1.29, 1.82) is 0 Å². The van der Waals surface area contributed by atoms with E-state index in [0.29, 0.717) is 19.0 Å². The molecule has 1 aliphatic carbocycles. The Bertz CT molecular complexity index is 909. The van der Waals surface area contributed by atoms with Gasteiger partial charge < -0.3 is 9.88 Å². The first-order chi connectivity index (χ1) is 14.2. The molecular weight excluding hydrogens is 366 g/mol. The van der Waals surface area contributed by atoms with Crippen LogP contribution < -0.4 is 15.5 Å². The molecule has 0 atom stereocenters. The van der Waals surface area contributed by atoms with Crippen molar-refractivity contribution in [2.45, 2.75) is 44.2 Å². The summed E-state index contributed by atoms with van der Waals surface area (Å²) in [6.07, 6.45) is 7.42. The first kappa shape index (κ1) is 18.6. The molecule has 29 heavy (non-hydrogen) atoms. The zero-order valence-corrected chi connectivity index (χ0v) is 16.8. The lowest BCUT2D eigenvalue weighted by atomic mass is 9.89. The Labute approximate surface area is 171 Å². The lowest BCUT2D eigenvalue weighted by Crippen LogP contribution is -2.49. The molecule has 0 radical (unpaired) electrons.